The van der Waals surface area contributed by atoms with Crippen LogP contribution in [0.3, 0.4) is 0 Å². The van der Waals surface area contributed by atoms with Crippen molar-refractivity contribution in [2.75, 3.05) is 0 Å². The summed E-state index contributed by atoms with van der Waals surface area (Å²) in [6.07, 6.45) is 1.52. The van der Waals surface area contributed by atoms with Crippen molar-refractivity contribution in [1.29, 1.82) is 0 Å². The number of aryl methyl sites for hydroxylation is 1. The third kappa shape index (κ3) is 2.61. The first-order valence-electron chi connectivity index (χ1n) is 2.83. The SMILES string of the molecule is Cc1ncc(CO)c(Cl)n1.Cl. The number of hydrogen-bond donors (Lipinski definition) is 1. The Morgan fingerprint density at radius 1 is 1.64 bits per heavy atom. The molecule has 1 rings (SSSR count). The van der Waals surface area contributed by atoms with Gasteiger partial charge in [0.05, 0.1) is 6.61 Å². The molecule has 1 aromatic heterocycles. The zero-order chi connectivity index (χ0) is 7.56. The highest BCUT2D eigenvalue weighted by atomic mass is 35.5. The summed E-state index contributed by atoms with van der Waals surface area (Å²) in [7, 11) is 0. The van der Waals surface area contributed by atoms with Crippen LogP contribution in [0, 0.1) is 6.92 Å². The molecule has 0 atom stereocenters. The molecule has 0 aromatic carbocycles. The van der Waals surface area contributed by atoms with E-state index in [-0.39, 0.29) is 19.0 Å². The van der Waals surface area contributed by atoms with E-state index in [0.717, 1.165) is 0 Å². The molecule has 0 saturated carbocycles. The largest absolute Gasteiger partial charge is 0.392 e. The van der Waals surface area contributed by atoms with Crippen LogP contribution in [0.5, 0.6) is 0 Å². The first-order chi connectivity index (χ1) is 4.74. The van der Waals surface area contributed by atoms with Gasteiger partial charge in [-0.15, -0.1) is 12.4 Å². The predicted molar refractivity (Wildman–Crippen MR) is 44.9 cm³/mol. The molecule has 3 nitrogen and oxygen atoms in total. The minimum atomic E-state index is -0.112. The highest BCUT2D eigenvalue weighted by Gasteiger charge is 1.99. The number of rotatable bonds is 1. The molecule has 0 aliphatic heterocycles. The quantitative estimate of drug-likeness (QED) is 0.688. The van der Waals surface area contributed by atoms with E-state index in [0.29, 0.717) is 16.5 Å². The van der Waals surface area contributed by atoms with E-state index in [1.165, 1.54) is 6.20 Å². The van der Waals surface area contributed by atoms with Crippen LogP contribution in [0.2, 0.25) is 5.15 Å². The predicted octanol–water partition coefficient (Wildman–Crippen LogP) is 1.35. The summed E-state index contributed by atoms with van der Waals surface area (Å²) in [6.45, 7) is 1.63. The minimum absolute atomic E-state index is 0. The lowest BCUT2D eigenvalue weighted by Crippen LogP contribution is -1.93. The lowest BCUT2D eigenvalue weighted by molar-refractivity contribution is 0.281. The molecule has 62 valence electrons. The summed E-state index contributed by atoms with van der Waals surface area (Å²) in [5, 5.41) is 8.97. The molecule has 1 heterocycles. The zero-order valence-electron chi connectivity index (χ0n) is 5.91. The average Bonchev–Trinajstić information content (AvgIpc) is 1.88. The van der Waals surface area contributed by atoms with Gasteiger partial charge in [-0.3, -0.25) is 0 Å². The topological polar surface area (TPSA) is 46.0 Å². The van der Waals surface area contributed by atoms with E-state index < -0.39 is 0 Å². The van der Waals surface area contributed by atoms with Gasteiger partial charge in [0, 0.05) is 11.8 Å². The van der Waals surface area contributed by atoms with Gasteiger partial charge in [-0.1, -0.05) is 11.6 Å². The number of aliphatic hydroxyl groups excluding tert-OH is 1. The summed E-state index contributed by atoms with van der Waals surface area (Å²) < 4.78 is 0. The van der Waals surface area contributed by atoms with Crippen LogP contribution in [0.15, 0.2) is 6.20 Å². The third-order valence-electron chi connectivity index (χ3n) is 1.10. The van der Waals surface area contributed by atoms with Crippen LogP contribution in [-0.2, 0) is 6.61 Å². The summed E-state index contributed by atoms with van der Waals surface area (Å²) in [5.41, 5.74) is 0.562. The standard InChI is InChI=1S/C6H7ClN2O.ClH/c1-4-8-2-5(3-10)6(7)9-4;/h2,10H,3H2,1H3;1H. The highest BCUT2D eigenvalue weighted by Crippen LogP contribution is 2.10. The maximum atomic E-state index is 8.64. The van der Waals surface area contributed by atoms with Gasteiger partial charge in [-0.2, -0.15) is 0 Å². The molecule has 0 radical (unpaired) electrons. The van der Waals surface area contributed by atoms with Crippen LogP contribution < -0.4 is 0 Å². The van der Waals surface area contributed by atoms with Crippen molar-refractivity contribution in [1.82, 2.24) is 9.97 Å². The second-order valence-electron chi connectivity index (χ2n) is 1.89. The zero-order valence-corrected chi connectivity index (χ0v) is 7.48. The number of halogens is 2. The lowest BCUT2D eigenvalue weighted by Gasteiger charge is -1.97. The van der Waals surface area contributed by atoms with Crippen molar-refractivity contribution in [2.45, 2.75) is 13.5 Å². The summed E-state index contributed by atoms with van der Waals surface area (Å²) in [6, 6.07) is 0. The van der Waals surface area contributed by atoms with Crippen molar-refractivity contribution < 1.29 is 5.11 Å². The Morgan fingerprint density at radius 3 is 2.73 bits per heavy atom. The molecule has 0 bridgehead atoms. The molecule has 0 aliphatic rings. The van der Waals surface area contributed by atoms with E-state index in [2.05, 4.69) is 9.97 Å². The van der Waals surface area contributed by atoms with Gasteiger partial charge in [0.1, 0.15) is 11.0 Å². The fourth-order valence-electron chi connectivity index (χ4n) is 0.573. The van der Waals surface area contributed by atoms with Crippen LogP contribution in [-0.4, -0.2) is 15.1 Å². The molecular weight excluding hydrogens is 187 g/mol. The molecule has 0 aliphatic carbocycles. The van der Waals surface area contributed by atoms with Gasteiger partial charge in [-0.05, 0) is 6.92 Å². The Morgan fingerprint density at radius 2 is 2.27 bits per heavy atom. The smallest absolute Gasteiger partial charge is 0.138 e. The third-order valence-corrected chi connectivity index (χ3v) is 1.43. The van der Waals surface area contributed by atoms with Crippen LogP contribution >= 0.6 is 24.0 Å². The van der Waals surface area contributed by atoms with Gasteiger partial charge < -0.3 is 5.11 Å². The second-order valence-corrected chi connectivity index (χ2v) is 2.25. The molecule has 0 unspecified atom stereocenters. The van der Waals surface area contributed by atoms with Crippen LogP contribution in [0.25, 0.3) is 0 Å². The van der Waals surface area contributed by atoms with E-state index in [9.17, 15) is 0 Å². The van der Waals surface area contributed by atoms with Crippen molar-refractivity contribution in [2.24, 2.45) is 0 Å². The molecule has 5 heteroatoms. The average molecular weight is 195 g/mol. The second kappa shape index (κ2) is 4.49. The molecule has 11 heavy (non-hydrogen) atoms. The van der Waals surface area contributed by atoms with Crippen LogP contribution in [0.4, 0.5) is 0 Å². The normalized spacial score (nSPS) is 9.00. The highest BCUT2D eigenvalue weighted by molar-refractivity contribution is 6.30. The van der Waals surface area contributed by atoms with Gasteiger partial charge in [-0.25, -0.2) is 9.97 Å². The minimum Gasteiger partial charge on any atom is -0.392 e. The number of aliphatic hydroxyl groups is 1. The molecule has 0 saturated heterocycles. The first kappa shape index (κ1) is 10.6. The van der Waals surface area contributed by atoms with E-state index in [1.807, 2.05) is 0 Å². The fourth-order valence-corrected chi connectivity index (χ4v) is 0.804. The maximum absolute atomic E-state index is 8.64. The van der Waals surface area contributed by atoms with Crippen molar-refractivity contribution >= 4 is 24.0 Å². The van der Waals surface area contributed by atoms with Crippen molar-refractivity contribution in [3.63, 3.8) is 0 Å². The summed E-state index contributed by atoms with van der Waals surface area (Å²) in [5.74, 6) is 0.613. The van der Waals surface area contributed by atoms with E-state index in [4.69, 9.17) is 16.7 Å². The molecule has 1 aromatic rings. The van der Waals surface area contributed by atoms with Gasteiger partial charge in [0.25, 0.3) is 0 Å². The Labute approximate surface area is 75.9 Å². The lowest BCUT2D eigenvalue weighted by atomic mass is 10.4. The molecule has 0 amide bonds. The first-order valence-corrected chi connectivity index (χ1v) is 3.20. The van der Waals surface area contributed by atoms with Gasteiger partial charge >= 0.3 is 0 Å². The molecule has 1 N–H and O–H groups in total. The number of aromatic nitrogens is 2. The summed E-state index contributed by atoms with van der Waals surface area (Å²) >= 11 is 5.62. The van der Waals surface area contributed by atoms with Crippen LogP contribution in [0.1, 0.15) is 11.4 Å². The van der Waals surface area contributed by atoms with Gasteiger partial charge in [0.15, 0.2) is 0 Å². The monoisotopic (exact) mass is 194 g/mol. The maximum Gasteiger partial charge on any atom is 0.138 e. The fraction of sp³-hybridized carbons (Fsp3) is 0.333. The Bertz CT molecular complexity index is 242. The number of nitrogens with zero attached hydrogens (tertiary/aromatic N) is 2. The molecule has 0 spiro atoms. The molecular formula is C6H8Cl2N2O. The number of hydrogen-bond acceptors (Lipinski definition) is 3. The Balaban J connectivity index is 0.000001000. The van der Waals surface area contributed by atoms with Crippen molar-refractivity contribution in [3.05, 3.63) is 22.7 Å². The van der Waals surface area contributed by atoms with Crippen molar-refractivity contribution in [3.8, 4) is 0 Å². The molecule has 0 fully saturated rings. The van der Waals surface area contributed by atoms with E-state index >= 15 is 0 Å². The van der Waals surface area contributed by atoms with Gasteiger partial charge in [0.2, 0.25) is 0 Å². The van der Waals surface area contributed by atoms with E-state index in [1.54, 1.807) is 6.92 Å². The Kier molecular flexibility index (Phi) is 4.33. The summed E-state index contributed by atoms with van der Waals surface area (Å²) in [4.78, 5) is 7.69. The Hall–Kier alpha value is -0.380.